The van der Waals surface area contributed by atoms with Crippen molar-refractivity contribution in [3.8, 4) is 0 Å². The fourth-order valence-corrected chi connectivity index (χ4v) is 2.17. The fourth-order valence-electron chi connectivity index (χ4n) is 2.17. The predicted octanol–water partition coefficient (Wildman–Crippen LogP) is 4.73. The highest BCUT2D eigenvalue weighted by atomic mass is 14.2. The monoisotopic (exact) mass is 192 g/mol. The number of allylic oxidation sites excluding steroid dienone is 4. The first-order valence-corrected chi connectivity index (χ1v) is 5.89. The van der Waals surface area contributed by atoms with Gasteiger partial charge in [0.2, 0.25) is 0 Å². The van der Waals surface area contributed by atoms with Gasteiger partial charge in [-0.15, -0.1) is 0 Å². The molecular formula is C14H24. The molecule has 0 nitrogen and oxygen atoms in total. The van der Waals surface area contributed by atoms with Crippen LogP contribution in [0.15, 0.2) is 23.8 Å². The van der Waals surface area contributed by atoms with Crippen LogP contribution in [0.2, 0.25) is 0 Å². The lowest BCUT2D eigenvalue weighted by Crippen LogP contribution is -2.14. The second-order valence-corrected chi connectivity index (χ2v) is 5.55. The molecule has 0 N–H and O–H groups in total. The summed E-state index contributed by atoms with van der Waals surface area (Å²) < 4.78 is 0. The highest BCUT2D eigenvalue weighted by Crippen LogP contribution is 2.32. The third-order valence-corrected chi connectivity index (χ3v) is 2.85. The van der Waals surface area contributed by atoms with E-state index in [4.69, 9.17) is 0 Å². The molecule has 0 aromatic rings. The van der Waals surface area contributed by atoms with Crippen LogP contribution in [-0.4, -0.2) is 0 Å². The summed E-state index contributed by atoms with van der Waals surface area (Å²) in [7, 11) is 0. The molecule has 80 valence electrons. The molecule has 1 aliphatic rings. The Morgan fingerprint density at radius 1 is 1.29 bits per heavy atom. The summed E-state index contributed by atoms with van der Waals surface area (Å²) in [6.45, 7) is 9.31. The van der Waals surface area contributed by atoms with Crippen molar-refractivity contribution in [1.82, 2.24) is 0 Å². The van der Waals surface area contributed by atoms with E-state index in [-0.39, 0.29) is 0 Å². The van der Waals surface area contributed by atoms with Crippen molar-refractivity contribution in [3.05, 3.63) is 23.8 Å². The fraction of sp³-hybridized carbons (Fsp3) is 0.714. The molecule has 0 aliphatic heterocycles. The highest BCUT2D eigenvalue weighted by molar-refractivity contribution is 5.24. The zero-order valence-electron chi connectivity index (χ0n) is 10.1. The molecule has 0 heterocycles. The normalized spacial score (nSPS) is 19.3. The van der Waals surface area contributed by atoms with Crippen LogP contribution in [0.25, 0.3) is 0 Å². The molecule has 0 aromatic carbocycles. The van der Waals surface area contributed by atoms with Crippen LogP contribution in [0.1, 0.15) is 53.4 Å². The van der Waals surface area contributed by atoms with Crippen LogP contribution in [0.3, 0.4) is 0 Å². The molecule has 0 fully saturated rings. The maximum absolute atomic E-state index is 2.43. The van der Waals surface area contributed by atoms with Crippen molar-refractivity contribution in [2.75, 3.05) is 0 Å². The maximum Gasteiger partial charge on any atom is -0.0163 e. The van der Waals surface area contributed by atoms with Crippen molar-refractivity contribution in [2.24, 2.45) is 11.3 Å². The molecule has 1 atom stereocenters. The van der Waals surface area contributed by atoms with E-state index in [0.717, 1.165) is 5.92 Å². The van der Waals surface area contributed by atoms with Crippen molar-refractivity contribution in [2.45, 2.75) is 53.4 Å². The topological polar surface area (TPSA) is 0 Å². The van der Waals surface area contributed by atoms with Crippen LogP contribution in [0.5, 0.6) is 0 Å². The molecule has 0 radical (unpaired) electrons. The Morgan fingerprint density at radius 3 is 2.43 bits per heavy atom. The molecule has 0 aromatic heterocycles. The van der Waals surface area contributed by atoms with Crippen molar-refractivity contribution >= 4 is 0 Å². The Balaban J connectivity index is 2.62. The molecule has 0 heteroatoms. The molecular weight excluding hydrogens is 168 g/mol. The SMILES string of the molecule is CCC(CC(C)(C)C)C1=CCCC=C1. The van der Waals surface area contributed by atoms with Crippen LogP contribution < -0.4 is 0 Å². The zero-order chi connectivity index (χ0) is 10.6. The van der Waals surface area contributed by atoms with Gasteiger partial charge < -0.3 is 0 Å². The summed E-state index contributed by atoms with van der Waals surface area (Å²) >= 11 is 0. The van der Waals surface area contributed by atoms with Gasteiger partial charge in [0.15, 0.2) is 0 Å². The Labute approximate surface area is 89.1 Å². The van der Waals surface area contributed by atoms with E-state index in [0.29, 0.717) is 5.41 Å². The van der Waals surface area contributed by atoms with Crippen LogP contribution in [0, 0.1) is 11.3 Å². The molecule has 1 aliphatic carbocycles. The van der Waals surface area contributed by atoms with Gasteiger partial charge in [-0.2, -0.15) is 0 Å². The van der Waals surface area contributed by atoms with Crippen molar-refractivity contribution < 1.29 is 0 Å². The van der Waals surface area contributed by atoms with E-state index in [1.54, 1.807) is 5.57 Å². The Morgan fingerprint density at radius 2 is 2.00 bits per heavy atom. The number of rotatable bonds is 3. The van der Waals surface area contributed by atoms with Crippen molar-refractivity contribution in [1.29, 1.82) is 0 Å². The summed E-state index contributed by atoms with van der Waals surface area (Å²) in [5.41, 5.74) is 2.03. The van der Waals surface area contributed by atoms with E-state index in [2.05, 4.69) is 45.9 Å². The standard InChI is InChI=1S/C14H24/c1-5-12(11-14(2,3)4)13-9-7-6-8-10-13/h7,9-10,12H,5-6,8,11H2,1-4H3. The van der Waals surface area contributed by atoms with Crippen molar-refractivity contribution in [3.63, 3.8) is 0 Å². The van der Waals surface area contributed by atoms with E-state index in [9.17, 15) is 0 Å². The Kier molecular flexibility index (Phi) is 3.97. The van der Waals surface area contributed by atoms with Gasteiger partial charge in [0, 0.05) is 0 Å². The molecule has 0 saturated carbocycles. The minimum Gasteiger partial charge on any atom is -0.0840 e. The zero-order valence-corrected chi connectivity index (χ0v) is 10.1. The molecule has 0 amide bonds. The largest absolute Gasteiger partial charge is 0.0840 e. The first-order valence-electron chi connectivity index (χ1n) is 5.89. The number of hydrogen-bond acceptors (Lipinski definition) is 0. The van der Waals surface area contributed by atoms with Gasteiger partial charge in [0.1, 0.15) is 0 Å². The molecule has 1 rings (SSSR count). The third-order valence-electron chi connectivity index (χ3n) is 2.85. The van der Waals surface area contributed by atoms with Gasteiger partial charge in [0.05, 0.1) is 0 Å². The lowest BCUT2D eigenvalue weighted by atomic mass is 9.79. The molecule has 1 unspecified atom stereocenters. The highest BCUT2D eigenvalue weighted by Gasteiger charge is 2.19. The average molecular weight is 192 g/mol. The van der Waals surface area contributed by atoms with Gasteiger partial charge in [-0.05, 0) is 42.6 Å². The smallest absolute Gasteiger partial charge is 0.0163 e. The quantitative estimate of drug-likeness (QED) is 0.606. The lowest BCUT2D eigenvalue weighted by molar-refractivity contribution is 0.314. The third kappa shape index (κ3) is 3.69. The first-order chi connectivity index (χ1) is 6.53. The molecule has 0 spiro atoms. The Hall–Kier alpha value is -0.520. The summed E-state index contributed by atoms with van der Waals surface area (Å²) in [5.74, 6) is 0.770. The predicted molar refractivity (Wildman–Crippen MR) is 64.3 cm³/mol. The van der Waals surface area contributed by atoms with Gasteiger partial charge >= 0.3 is 0 Å². The van der Waals surface area contributed by atoms with E-state index < -0.39 is 0 Å². The maximum atomic E-state index is 2.43. The number of hydrogen-bond donors (Lipinski definition) is 0. The molecule has 0 saturated heterocycles. The second-order valence-electron chi connectivity index (χ2n) is 5.55. The summed E-state index contributed by atoms with van der Waals surface area (Å²) in [6.07, 6.45) is 12.1. The molecule has 0 bridgehead atoms. The van der Waals surface area contributed by atoms with E-state index in [1.807, 2.05) is 0 Å². The van der Waals surface area contributed by atoms with E-state index >= 15 is 0 Å². The van der Waals surface area contributed by atoms with Crippen LogP contribution in [0.4, 0.5) is 0 Å². The summed E-state index contributed by atoms with van der Waals surface area (Å²) in [4.78, 5) is 0. The summed E-state index contributed by atoms with van der Waals surface area (Å²) in [6, 6.07) is 0. The summed E-state index contributed by atoms with van der Waals surface area (Å²) in [5, 5.41) is 0. The average Bonchev–Trinajstić information content (AvgIpc) is 2.14. The first kappa shape index (κ1) is 11.6. The van der Waals surface area contributed by atoms with Crippen LogP contribution >= 0.6 is 0 Å². The van der Waals surface area contributed by atoms with Gasteiger partial charge in [0.25, 0.3) is 0 Å². The molecule has 14 heavy (non-hydrogen) atoms. The van der Waals surface area contributed by atoms with Gasteiger partial charge in [-0.25, -0.2) is 0 Å². The Bertz CT molecular complexity index is 225. The van der Waals surface area contributed by atoms with Gasteiger partial charge in [-0.1, -0.05) is 45.9 Å². The second kappa shape index (κ2) is 4.82. The minimum absolute atomic E-state index is 0.451. The van der Waals surface area contributed by atoms with E-state index in [1.165, 1.54) is 25.7 Å². The lowest BCUT2D eigenvalue weighted by Gasteiger charge is -2.27. The van der Waals surface area contributed by atoms with Gasteiger partial charge in [-0.3, -0.25) is 0 Å². The minimum atomic E-state index is 0.451. The van der Waals surface area contributed by atoms with Crippen LogP contribution in [-0.2, 0) is 0 Å².